The molecule has 1 unspecified atom stereocenters. The van der Waals surface area contributed by atoms with Crippen molar-refractivity contribution in [1.29, 1.82) is 0 Å². The van der Waals surface area contributed by atoms with E-state index in [4.69, 9.17) is 27.9 Å². The van der Waals surface area contributed by atoms with Gasteiger partial charge in [-0.1, -0.05) is 13.8 Å². The number of anilines is 1. The Hall–Kier alpha value is -0.690. The first-order valence-electron chi connectivity index (χ1n) is 7.56. The van der Waals surface area contributed by atoms with Gasteiger partial charge in [0.05, 0.1) is 17.7 Å². The average molecular weight is 381 g/mol. The van der Waals surface area contributed by atoms with Crippen molar-refractivity contribution < 1.29 is 13.2 Å². The van der Waals surface area contributed by atoms with Crippen LogP contribution in [0.25, 0.3) is 0 Å². The first kappa shape index (κ1) is 18.6. The van der Waals surface area contributed by atoms with Crippen LogP contribution in [0.1, 0.15) is 20.3 Å². The van der Waals surface area contributed by atoms with Crippen LogP contribution in [0.5, 0.6) is 5.75 Å². The molecule has 0 radical (unpaired) electrons. The quantitative estimate of drug-likeness (QED) is 0.702. The third kappa shape index (κ3) is 4.05. The minimum atomic E-state index is -3.51. The predicted octanol–water partition coefficient (Wildman–Crippen LogP) is 3.33. The Bertz CT molecular complexity index is 661. The van der Waals surface area contributed by atoms with Crippen molar-refractivity contribution in [2.24, 2.45) is 5.92 Å². The van der Waals surface area contributed by atoms with Gasteiger partial charge >= 0.3 is 0 Å². The molecule has 0 saturated heterocycles. The van der Waals surface area contributed by atoms with Crippen LogP contribution in [-0.2, 0) is 10.0 Å². The van der Waals surface area contributed by atoms with E-state index in [1.807, 2.05) is 13.8 Å². The Kier molecular flexibility index (Phi) is 5.72. The highest BCUT2D eigenvalue weighted by Crippen LogP contribution is 2.53. The molecule has 1 saturated carbocycles. The zero-order valence-corrected chi connectivity index (χ0v) is 15.8. The number of sulfonamides is 1. The van der Waals surface area contributed by atoms with E-state index in [0.29, 0.717) is 31.1 Å². The summed E-state index contributed by atoms with van der Waals surface area (Å²) in [6.45, 7) is 5.06. The lowest BCUT2D eigenvalue weighted by molar-refractivity contribution is 0.415. The monoisotopic (exact) mass is 380 g/mol. The smallest absolute Gasteiger partial charge is 0.243 e. The van der Waals surface area contributed by atoms with Gasteiger partial charge in [0.25, 0.3) is 0 Å². The molecule has 1 N–H and O–H groups in total. The lowest BCUT2D eigenvalue weighted by Gasteiger charge is -2.20. The van der Waals surface area contributed by atoms with Crippen LogP contribution < -0.4 is 10.1 Å². The molecule has 0 aliphatic heterocycles. The molecule has 0 aromatic heterocycles. The van der Waals surface area contributed by atoms with Crippen LogP contribution in [0, 0.1) is 5.92 Å². The molecule has 0 heterocycles. The number of nitrogens with zero attached hydrogens (tertiary/aromatic N) is 1. The maximum Gasteiger partial charge on any atom is 0.243 e. The first-order chi connectivity index (χ1) is 10.8. The van der Waals surface area contributed by atoms with E-state index in [9.17, 15) is 8.42 Å². The van der Waals surface area contributed by atoms with E-state index < -0.39 is 14.4 Å². The Morgan fingerprint density at radius 2 is 1.96 bits per heavy atom. The summed E-state index contributed by atoms with van der Waals surface area (Å²) in [5.41, 5.74) is 0.622. The van der Waals surface area contributed by atoms with Crippen LogP contribution in [0.2, 0.25) is 0 Å². The highest BCUT2D eigenvalue weighted by Gasteiger charge is 2.51. The summed E-state index contributed by atoms with van der Waals surface area (Å²) < 4.78 is 31.3. The van der Waals surface area contributed by atoms with Crippen LogP contribution in [-0.4, -0.2) is 43.8 Å². The molecule has 1 aromatic rings. The van der Waals surface area contributed by atoms with E-state index in [2.05, 4.69) is 5.32 Å². The second-order valence-corrected chi connectivity index (χ2v) is 8.97. The van der Waals surface area contributed by atoms with Gasteiger partial charge in [0.1, 0.15) is 10.1 Å². The van der Waals surface area contributed by atoms with E-state index in [-0.39, 0.29) is 10.8 Å². The van der Waals surface area contributed by atoms with Crippen molar-refractivity contribution in [1.82, 2.24) is 4.31 Å². The standard InChI is InChI=1S/C15H22Cl2N2O3S/c1-4-19(5-2)23(20,21)12-6-7-14(22-3)13(8-12)18-10-11-9-15(11,16)17/h6-8,11,18H,4-5,9-10H2,1-3H3. The zero-order chi connectivity index (χ0) is 17.3. The van der Waals surface area contributed by atoms with Gasteiger partial charge in [-0.15, -0.1) is 23.2 Å². The fourth-order valence-electron chi connectivity index (χ4n) is 2.42. The van der Waals surface area contributed by atoms with Crippen molar-refractivity contribution >= 4 is 38.9 Å². The van der Waals surface area contributed by atoms with Gasteiger partial charge < -0.3 is 10.1 Å². The van der Waals surface area contributed by atoms with Gasteiger partial charge in [-0.25, -0.2) is 8.42 Å². The SMILES string of the molecule is CCN(CC)S(=O)(=O)c1ccc(OC)c(NCC2CC2(Cl)Cl)c1. The van der Waals surface area contributed by atoms with Crippen LogP contribution in [0.3, 0.4) is 0 Å². The minimum absolute atomic E-state index is 0.151. The summed E-state index contributed by atoms with van der Waals surface area (Å²) in [6, 6.07) is 4.81. The molecule has 1 fully saturated rings. The lowest BCUT2D eigenvalue weighted by Crippen LogP contribution is -2.30. The molecule has 130 valence electrons. The van der Waals surface area contributed by atoms with Crippen molar-refractivity contribution in [3.63, 3.8) is 0 Å². The Morgan fingerprint density at radius 3 is 2.43 bits per heavy atom. The van der Waals surface area contributed by atoms with Gasteiger partial charge in [-0.2, -0.15) is 4.31 Å². The maximum atomic E-state index is 12.6. The highest BCUT2D eigenvalue weighted by molar-refractivity contribution is 7.89. The molecule has 1 aromatic carbocycles. The molecule has 0 amide bonds. The molecule has 0 spiro atoms. The number of ether oxygens (including phenoxy) is 1. The molecule has 2 rings (SSSR count). The molecule has 1 atom stereocenters. The van der Waals surface area contributed by atoms with Crippen LogP contribution in [0.4, 0.5) is 5.69 Å². The third-order valence-electron chi connectivity index (χ3n) is 4.01. The summed E-state index contributed by atoms with van der Waals surface area (Å²) in [5, 5.41) is 3.19. The first-order valence-corrected chi connectivity index (χ1v) is 9.75. The van der Waals surface area contributed by atoms with E-state index in [1.54, 1.807) is 25.3 Å². The number of halogens is 2. The molecule has 1 aliphatic rings. The fourth-order valence-corrected chi connectivity index (χ4v) is 4.43. The van der Waals surface area contributed by atoms with Gasteiger partial charge in [0.15, 0.2) is 0 Å². The average Bonchev–Trinajstić information content (AvgIpc) is 3.13. The van der Waals surface area contributed by atoms with Crippen LogP contribution in [0.15, 0.2) is 23.1 Å². The second-order valence-electron chi connectivity index (χ2n) is 5.49. The summed E-state index contributed by atoms with van der Waals surface area (Å²) in [6.07, 6.45) is 0.725. The normalized spacial score (nSPS) is 19.7. The molecular weight excluding hydrogens is 359 g/mol. The van der Waals surface area contributed by atoms with Crippen LogP contribution >= 0.6 is 23.2 Å². The molecule has 23 heavy (non-hydrogen) atoms. The topological polar surface area (TPSA) is 58.6 Å². The summed E-state index contributed by atoms with van der Waals surface area (Å²) in [7, 11) is -1.96. The second kappa shape index (κ2) is 7.05. The van der Waals surface area contributed by atoms with Gasteiger partial charge in [0.2, 0.25) is 10.0 Å². The third-order valence-corrected chi connectivity index (χ3v) is 6.98. The largest absolute Gasteiger partial charge is 0.495 e. The minimum Gasteiger partial charge on any atom is -0.495 e. The van der Waals surface area contributed by atoms with Crippen molar-refractivity contribution in [2.45, 2.75) is 29.5 Å². The fraction of sp³-hybridized carbons (Fsp3) is 0.600. The van der Waals surface area contributed by atoms with Crippen molar-refractivity contribution in [3.05, 3.63) is 18.2 Å². The Labute approximate surface area is 148 Å². The Balaban J connectivity index is 2.24. The lowest BCUT2D eigenvalue weighted by atomic mass is 10.3. The number of hydrogen-bond acceptors (Lipinski definition) is 4. The number of methoxy groups -OCH3 is 1. The highest BCUT2D eigenvalue weighted by atomic mass is 35.5. The number of hydrogen-bond donors (Lipinski definition) is 1. The van der Waals surface area contributed by atoms with Gasteiger partial charge in [0, 0.05) is 25.6 Å². The molecular formula is C15H22Cl2N2O3S. The number of benzene rings is 1. The van der Waals surface area contributed by atoms with E-state index >= 15 is 0 Å². The Morgan fingerprint density at radius 1 is 1.35 bits per heavy atom. The predicted molar refractivity (Wildman–Crippen MR) is 94.1 cm³/mol. The summed E-state index contributed by atoms with van der Waals surface area (Å²) in [5.74, 6) is 0.734. The number of rotatable bonds is 8. The van der Waals surface area contributed by atoms with E-state index in [0.717, 1.165) is 6.42 Å². The summed E-state index contributed by atoms with van der Waals surface area (Å²) in [4.78, 5) is 0.239. The van der Waals surface area contributed by atoms with E-state index in [1.165, 1.54) is 4.31 Å². The zero-order valence-electron chi connectivity index (χ0n) is 13.5. The van der Waals surface area contributed by atoms with Crippen molar-refractivity contribution in [2.75, 3.05) is 32.1 Å². The summed E-state index contributed by atoms with van der Waals surface area (Å²) >= 11 is 12.0. The maximum absolute atomic E-state index is 12.6. The van der Waals surface area contributed by atoms with Crippen molar-refractivity contribution in [3.8, 4) is 5.75 Å². The molecule has 0 bridgehead atoms. The molecule has 8 heteroatoms. The number of alkyl halides is 2. The molecule has 1 aliphatic carbocycles. The van der Waals surface area contributed by atoms with Gasteiger partial charge in [-0.3, -0.25) is 0 Å². The number of nitrogens with one attached hydrogen (secondary N) is 1. The van der Waals surface area contributed by atoms with Gasteiger partial charge in [-0.05, 0) is 24.6 Å². The molecule has 5 nitrogen and oxygen atoms in total.